The largest absolute Gasteiger partial charge is 0.456 e. The zero-order valence-corrected chi connectivity index (χ0v) is 9.60. The fraction of sp³-hybridized carbons (Fsp3) is 0.333. The van der Waals surface area contributed by atoms with Gasteiger partial charge in [-0.25, -0.2) is 9.31 Å². The van der Waals surface area contributed by atoms with Crippen molar-refractivity contribution in [3.8, 4) is 0 Å². The lowest BCUT2D eigenvalue weighted by Gasteiger charge is -2.19. The quantitative estimate of drug-likeness (QED) is 0.690. The van der Waals surface area contributed by atoms with Crippen LogP contribution in [0.15, 0.2) is 30.6 Å². The number of hydrogen-bond donors (Lipinski definition) is 0. The second kappa shape index (κ2) is 3.63. The van der Waals surface area contributed by atoms with Crippen molar-refractivity contribution in [1.29, 1.82) is 0 Å². The summed E-state index contributed by atoms with van der Waals surface area (Å²) in [4.78, 5) is 11.8. The van der Waals surface area contributed by atoms with Gasteiger partial charge in [0.15, 0.2) is 0 Å². The summed E-state index contributed by atoms with van der Waals surface area (Å²) in [6, 6.07) is 5.45. The highest BCUT2D eigenvalue weighted by atomic mass is 16.6. The summed E-state index contributed by atoms with van der Waals surface area (Å²) >= 11 is 0. The molecule has 0 aromatic carbocycles. The van der Waals surface area contributed by atoms with Crippen molar-refractivity contribution in [1.82, 2.24) is 9.61 Å². The molecule has 16 heavy (non-hydrogen) atoms. The first kappa shape index (κ1) is 10.7. The van der Waals surface area contributed by atoms with E-state index in [9.17, 15) is 4.79 Å². The van der Waals surface area contributed by atoms with Gasteiger partial charge < -0.3 is 4.74 Å². The number of rotatable bonds is 1. The summed E-state index contributed by atoms with van der Waals surface area (Å²) in [6.07, 6.45) is 3.36. The molecule has 0 saturated carbocycles. The van der Waals surface area contributed by atoms with Crippen LogP contribution in [-0.2, 0) is 4.74 Å². The minimum absolute atomic E-state index is 0.329. The van der Waals surface area contributed by atoms with E-state index >= 15 is 0 Å². The Morgan fingerprint density at radius 1 is 1.31 bits per heavy atom. The number of esters is 1. The fourth-order valence-corrected chi connectivity index (χ4v) is 1.37. The standard InChI is InChI=1S/C12H14N2O2/c1-12(2,3)16-11(15)9-4-5-10-6-7-13-14(10)8-9/h4-8H,1-3H3. The third-order valence-corrected chi connectivity index (χ3v) is 2.03. The van der Waals surface area contributed by atoms with Crippen LogP contribution in [0.1, 0.15) is 31.1 Å². The Morgan fingerprint density at radius 3 is 2.75 bits per heavy atom. The van der Waals surface area contributed by atoms with Crippen LogP contribution < -0.4 is 0 Å². The van der Waals surface area contributed by atoms with Gasteiger partial charge in [-0.15, -0.1) is 0 Å². The van der Waals surface area contributed by atoms with Gasteiger partial charge in [-0.1, -0.05) is 0 Å². The highest BCUT2D eigenvalue weighted by Crippen LogP contribution is 2.12. The van der Waals surface area contributed by atoms with Crippen molar-refractivity contribution in [2.75, 3.05) is 0 Å². The van der Waals surface area contributed by atoms with Gasteiger partial charge in [0.1, 0.15) is 5.60 Å². The first-order chi connectivity index (χ1) is 7.46. The highest BCUT2D eigenvalue weighted by molar-refractivity contribution is 5.89. The van der Waals surface area contributed by atoms with Crippen molar-refractivity contribution in [2.45, 2.75) is 26.4 Å². The predicted octanol–water partition coefficient (Wildman–Crippen LogP) is 2.29. The average Bonchev–Trinajstić information content (AvgIpc) is 2.61. The third-order valence-electron chi connectivity index (χ3n) is 2.03. The molecule has 2 aromatic rings. The number of carbonyl (C=O) groups excluding carboxylic acids is 1. The first-order valence-electron chi connectivity index (χ1n) is 5.12. The zero-order chi connectivity index (χ0) is 11.8. The molecule has 0 fully saturated rings. The molecule has 0 radical (unpaired) electrons. The fourth-order valence-electron chi connectivity index (χ4n) is 1.37. The minimum atomic E-state index is -0.476. The highest BCUT2D eigenvalue weighted by Gasteiger charge is 2.18. The number of pyridine rings is 1. The van der Waals surface area contributed by atoms with Crippen molar-refractivity contribution < 1.29 is 9.53 Å². The van der Waals surface area contributed by atoms with E-state index in [0.717, 1.165) is 5.52 Å². The Kier molecular flexibility index (Phi) is 2.42. The molecular formula is C12H14N2O2. The zero-order valence-electron chi connectivity index (χ0n) is 9.60. The van der Waals surface area contributed by atoms with Crippen LogP contribution in [0, 0.1) is 0 Å². The number of fused-ring (bicyclic) bond motifs is 1. The van der Waals surface area contributed by atoms with E-state index in [1.807, 2.05) is 32.9 Å². The normalized spacial score (nSPS) is 11.7. The number of aromatic nitrogens is 2. The predicted molar refractivity (Wildman–Crippen MR) is 60.4 cm³/mol. The van der Waals surface area contributed by atoms with Gasteiger partial charge >= 0.3 is 5.97 Å². The maximum absolute atomic E-state index is 11.8. The molecule has 0 aliphatic rings. The van der Waals surface area contributed by atoms with Crippen LogP contribution >= 0.6 is 0 Å². The lowest BCUT2D eigenvalue weighted by molar-refractivity contribution is 0.00689. The van der Waals surface area contributed by atoms with E-state index in [2.05, 4.69) is 5.10 Å². The van der Waals surface area contributed by atoms with Crippen LogP contribution in [0.2, 0.25) is 0 Å². The molecule has 0 atom stereocenters. The molecule has 84 valence electrons. The maximum atomic E-state index is 11.8. The van der Waals surface area contributed by atoms with Crippen LogP contribution in [0.5, 0.6) is 0 Å². The molecule has 4 heteroatoms. The summed E-state index contributed by atoms with van der Waals surface area (Å²) in [6.45, 7) is 5.53. The van der Waals surface area contributed by atoms with E-state index in [1.165, 1.54) is 0 Å². The number of hydrogen-bond acceptors (Lipinski definition) is 3. The van der Waals surface area contributed by atoms with Gasteiger partial charge in [0.2, 0.25) is 0 Å². The Labute approximate surface area is 93.8 Å². The second-order valence-corrected chi connectivity index (χ2v) is 4.62. The van der Waals surface area contributed by atoms with Gasteiger partial charge in [-0.05, 0) is 39.0 Å². The summed E-state index contributed by atoms with van der Waals surface area (Å²) < 4.78 is 6.92. The SMILES string of the molecule is CC(C)(C)OC(=O)c1ccc2ccnn2c1. The Hall–Kier alpha value is -1.84. The van der Waals surface area contributed by atoms with E-state index in [4.69, 9.17) is 4.74 Å². The molecule has 2 heterocycles. The monoisotopic (exact) mass is 218 g/mol. The summed E-state index contributed by atoms with van der Waals surface area (Å²) in [5.74, 6) is -0.329. The molecule has 0 aliphatic carbocycles. The number of ether oxygens (including phenoxy) is 1. The van der Waals surface area contributed by atoms with Gasteiger partial charge in [0.05, 0.1) is 11.1 Å². The van der Waals surface area contributed by atoms with E-state index in [0.29, 0.717) is 5.56 Å². The molecule has 2 rings (SSSR count). The van der Waals surface area contributed by atoms with Gasteiger partial charge in [-0.3, -0.25) is 0 Å². The van der Waals surface area contributed by atoms with Crippen LogP contribution in [0.25, 0.3) is 5.52 Å². The van der Waals surface area contributed by atoms with Crippen molar-refractivity contribution in [2.24, 2.45) is 0 Å². The summed E-state index contributed by atoms with van der Waals surface area (Å²) in [7, 11) is 0. The second-order valence-electron chi connectivity index (χ2n) is 4.62. The molecule has 0 unspecified atom stereocenters. The van der Waals surface area contributed by atoms with Gasteiger partial charge in [0.25, 0.3) is 0 Å². The molecular weight excluding hydrogens is 204 g/mol. The molecule has 0 amide bonds. The molecule has 0 aliphatic heterocycles. The van der Waals surface area contributed by atoms with E-state index in [1.54, 1.807) is 23.0 Å². The van der Waals surface area contributed by atoms with E-state index in [-0.39, 0.29) is 5.97 Å². The molecule has 4 nitrogen and oxygen atoms in total. The van der Waals surface area contributed by atoms with Gasteiger partial charge in [-0.2, -0.15) is 5.10 Å². The Morgan fingerprint density at radius 2 is 2.06 bits per heavy atom. The molecule has 2 aromatic heterocycles. The average molecular weight is 218 g/mol. The number of carbonyl (C=O) groups is 1. The molecule has 0 spiro atoms. The topological polar surface area (TPSA) is 43.6 Å². The Bertz CT molecular complexity index is 523. The Balaban J connectivity index is 2.29. The summed E-state index contributed by atoms with van der Waals surface area (Å²) in [5, 5.41) is 4.07. The number of nitrogens with zero attached hydrogens (tertiary/aromatic N) is 2. The van der Waals surface area contributed by atoms with Crippen molar-refractivity contribution in [3.05, 3.63) is 36.2 Å². The van der Waals surface area contributed by atoms with Gasteiger partial charge in [0, 0.05) is 12.4 Å². The van der Waals surface area contributed by atoms with E-state index < -0.39 is 5.60 Å². The maximum Gasteiger partial charge on any atom is 0.340 e. The lowest BCUT2D eigenvalue weighted by Crippen LogP contribution is -2.24. The minimum Gasteiger partial charge on any atom is -0.456 e. The first-order valence-corrected chi connectivity index (χ1v) is 5.12. The van der Waals surface area contributed by atoms with Crippen molar-refractivity contribution >= 4 is 11.5 Å². The summed E-state index contributed by atoms with van der Waals surface area (Å²) in [5.41, 5.74) is 0.981. The third kappa shape index (κ3) is 2.21. The molecule has 0 saturated heterocycles. The van der Waals surface area contributed by atoms with Crippen molar-refractivity contribution in [3.63, 3.8) is 0 Å². The van der Waals surface area contributed by atoms with Crippen LogP contribution in [-0.4, -0.2) is 21.2 Å². The molecule has 0 N–H and O–H groups in total. The van der Waals surface area contributed by atoms with Crippen LogP contribution in [0.3, 0.4) is 0 Å². The van der Waals surface area contributed by atoms with Crippen LogP contribution in [0.4, 0.5) is 0 Å². The lowest BCUT2D eigenvalue weighted by atomic mass is 10.2. The molecule has 0 bridgehead atoms. The smallest absolute Gasteiger partial charge is 0.340 e.